The first kappa shape index (κ1) is 48.6. The standard InChI is InChI=1S/C55H59N5O8S2/c1-33(61)16-17-34(2)69-70-55(3,4)19-18-52(62)58(5)39-21-35(31-67-50-27-44-42(25-48(50)65-6)53(63)59-40(29-56-44)23-37-12-8-10-14-46(37)59)20-36(22-39)32-68-51-28-45-43(26-49(51)66-7)54(64)60-41(30-57-45)24-38-13-9-11-15-47(38)60/h8-15,20-22,25-29,34,40-41,57H,16-19,23-24,30-32H2,1-7H3/t34?,40-,41-/m0/s1. The van der Waals surface area contributed by atoms with Crippen molar-refractivity contribution in [3.8, 4) is 23.0 Å². The summed E-state index contributed by atoms with van der Waals surface area (Å²) in [6.07, 6.45) is 5.64. The van der Waals surface area contributed by atoms with Crippen LogP contribution in [0.3, 0.4) is 0 Å². The third-order valence-corrected chi connectivity index (χ3v) is 17.3. The van der Waals surface area contributed by atoms with Gasteiger partial charge in [0.15, 0.2) is 23.0 Å². The van der Waals surface area contributed by atoms with Crippen molar-refractivity contribution in [3.05, 3.63) is 124 Å². The number of nitrogens with one attached hydrogen (secondary N) is 1. The van der Waals surface area contributed by atoms with Gasteiger partial charge in [-0.15, -0.1) is 0 Å². The number of methoxy groups -OCH3 is 2. The summed E-state index contributed by atoms with van der Waals surface area (Å²) >= 11 is 0. The summed E-state index contributed by atoms with van der Waals surface area (Å²) in [6.45, 7) is 8.83. The molecule has 4 aliphatic heterocycles. The molecule has 4 heterocycles. The summed E-state index contributed by atoms with van der Waals surface area (Å²) in [6, 6.07) is 28.6. The van der Waals surface area contributed by atoms with Gasteiger partial charge in [-0.3, -0.25) is 24.3 Å². The zero-order valence-corrected chi connectivity index (χ0v) is 42.3. The van der Waals surface area contributed by atoms with E-state index in [0.29, 0.717) is 88.7 Å². The Morgan fingerprint density at radius 3 is 2.09 bits per heavy atom. The van der Waals surface area contributed by atoms with E-state index in [9.17, 15) is 19.2 Å². The van der Waals surface area contributed by atoms with Crippen molar-refractivity contribution in [2.45, 2.75) is 102 Å². The Morgan fingerprint density at radius 2 is 1.41 bits per heavy atom. The van der Waals surface area contributed by atoms with Crippen LogP contribution >= 0.6 is 21.6 Å². The lowest BCUT2D eigenvalue weighted by molar-refractivity contribution is -0.118. The first-order valence-electron chi connectivity index (χ1n) is 23.7. The van der Waals surface area contributed by atoms with Gasteiger partial charge in [0.05, 0.1) is 48.8 Å². The van der Waals surface area contributed by atoms with Crippen LogP contribution in [0.15, 0.2) is 96.0 Å². The number of fused-ring (bicyclic) bond motifs is 8. The fraction of sp³-hybridized carbons (Fsp3) is 0.364. The molecule has 0 spiro atoms. The quantitative estimate of drug-likeness (QED) is 0.0839. The number of Topliss-reactive ketones (excluding diaryl/α,β-unsaturated/α-hetero) is 1. The van der Waals surface area contributed by atoms with E-state index in [1.807, 2.05) is 77.8 Å². The molecule has 1 unspecified atom stereocenters. The topological polar surface area (TPSA) is 139 Å². The van der Waals surface area contributed by atoms with Gasteiger partial charge < -0.3 is 38.9 Å². The van der Waals surface area contributed by atoms with Gasteiger partial charge in [-0.1, -0.05) is 64.9 Å². The van der Waals surface area contributed by atoms with Gasteiger partial charge in [0.1, 0.15) is 19.0 Å². The van der Waals surface area contributed by atoms with E-state index in [2.05, 4.69) is 32.2 Å². The minimum absolute atomic E-state index is 0.0244. The van der Waals surface area contributed by atoms with Crippen molar-refractivity contribution < 1.29 is 38.1 Å². The molecule has 0 fully saturated rings. The predicted octanol–water partition coefficient (Wildman–Crippen LogP) is 10.8. The summed E-state index contributed by atoms with van der Waals surface area (Å²) in [7, 11) is 8.40. The number of nitrogens with zero attached hydrogens (tertiary/aromatic N) is 4. The Labute approximate surface area is 417 Å². The molecule has 3 amide bonds. The van der Waals surface area contributed by atoms with Crippen molar-refractivity contribution in [2.24, 2.45) is 4.99 Å². The van der Waals surface area contributed by atoms with Crippen LogP contribution in [0.2, 0.25) is 0 Å². The highest BCUT2D eigenvalue weighted by atomic mass is 33.1. The number of amides is 3. The molecule has 364 valence electrons. The fourth-order valence-electron chi connectivity index (χ4n) is 9.45. The molecule has 0 bridgehead atoms. The van der Waals surface area contributed by atoms with Crippen LogP contribution in [0.25, 0.3) is 0 Å². The molecule has 15 heteroatoms. The lowest BCUT2D eigenvalue weighted by Crippen LogP contribution is -2.39. The van der Waals surface area contributed by atoms with Crippen LogP contribution in [0.4, 0.5) is 28.4 Å². The Hall–Kier alpha value is -6.45. The number of rotatable bonds is 18. The van der Waals surface area contributed by atoms with Crippen LogP contribution in [0, 0.1) is 0 Å². The number of para-hydroxylation sites is 2. The van der Waals surface area contributed by atoms with Gasteiger partial charge in [0, 0.05) is 78.3 Å². The number of benzene rings is 5. The van der Waals surface area contributed by atoms with Crippen LogP contribution in [-0.4, -0.2) is 79.6 Å². The van der Waals surface area contributed by atoms with Gasteiger partial charge >= 0.3 is 0 Å². The third kappa shape index (κ3) is 10.2. The third-order valence-electron chi connectivity index (χ3n) is 13.4. The highest BCUT2D eigenvalue weighted by Gasteiger charge is 2.39. The Balaban J connectivity index is 0.960. The lowest BCUT2D eigenvalue weighted by atomic mass is 10.1. The number of ketones is 1. The zero-order chi connectivity index (χ0) is 49.3. The number of hydrogen-bond donors (Lipinski definition) is 1. The molecule has 1 N–H and O–H groups in total. The molecule has 3 atom stereocenters. The lowest BCUT2D eigenvalue weighted by Gasteiger charge is -2.26. The molecule has 5 aromatic rings. The molecule has 0 saturated carbocycles. The monoisotopic (exact) mass is 981 g/mol. The summed E-state index contributed by atoms with van der Waals surface area (Å²) in [5.74, 6) is 1.57. The Morgan fingerprint density at radius 1 is 0.800 bits per heavy atom. The summed E-state index contributed by atoms with van der Waals surface area (Å²) in [4.78, 5) is 63.9. The van der Waals surface area contributed by atoms with Gasteiger partial charge in [0.25, 0.3) is 11.8 Å². The molecule has 4 aliphatic rings. The molecule has 13 nitrogen and oxygen atoms in total. The molecule has 0 aromatic heterocycles. The number of carbonyl (C=O) groups excluding carboxylic acids is 4. The predicted molar refractivity (Wildman–Crippen MR) is 281 cm³/mol. The normalized spacial score (nSPS) is 16.9. The van der Waals surface area contributed by atoms with Crippen LogP contribution in [-0.2, 0) is 35.6 Å². The van der Waals surface area contributed by atoms with Gasteiger partial charge in [0.2, 0.25) is 5.91 Å². The number of carbonyl (C=O) groups is 4. The Bertz CT molecular complexity index is 2890. The second-order valence-electron chi connectivity index (χ2n) is 19.0. The molecule has 5 aromatic carbocycles. The first-order chi connectivity index (χ1) is 33.7. The molecule has 70 heavy (non-hydrogen) atoms. The van der Waals surface area contributed by atoms with E-state index in [4.69, 9.17) is 23.9 Å². The van der Waals surface area contributed by atoms with Crippen LogP contribution in [0.5, 0.6) is 23.0 Å². The molecule has 0 radical (unpaired) electrons. The SMILES string of the molecule is COc1cc2c(cc1OCc1cc(COc3cc4c(cc3OC)C(=O)N3c5ccccc5C[C@H]3CN4)cc(N(C)C(=O)CCC(C)(C)SSC(C)CCC(C)=O)c1)N=C[C@@H]1Cc3ccccc3N1C2=O. The Kier molecular flexibility index (Phi) is 14.2. The molecule has 0 saturated heterocycles. The van der Waals surface area contributed by atoms with Crippen LogP contribution in [0.1, 0.15) is 96.3 Å². The summed E-state index contributed by atoms with van der Waals surface area (Å²) in [5, 5.41) is 3.82. The number of aliphatic imine (C=N–C) groups is 1. The second-order valence-corrected chi connectivity index (χ2v) is 22.3. The van der Waals surface area contributed by atoms with E-state index < -0.39 is 0 Å². The first-order valence-corrected chi connectivity index (χ1v) is 26.0. The largest absolute Gasteiger partial charge is 0.493 e. The number of ether oxygens (including phenoxy) is 4. The minimum Gasteiger partial charge on any atom is -0.493 e. The maximum atomic E-state index is 14.1. The smallest absolute Gasteiger partial charge is 0.261 e. The average molecular weight is 982 g/mol. The highest BCUT2D eigenvalue weighted by Crippen LogP contribution is 2.45. The minimum atomic E-state index is -0.202. The highest BCUT2D eigenvalue weighted by molar-refractivity contribution is 8.77. The molecule has 9 rings (SSSR count). The van der Waals surface area contributed by atoms with Crippen molar-refractivity contribution >= 4 is 79.7 Å². The molecule has 0 aliphatic carbocycles. The number of hydrogen-bond acceptors (Lipinski definition) is 12. The van der Waals surface area contributed by atoms with E-state index in [-0.39, 0.29) is 53.5 Å². The zero-order valence-electron chi connectivity index (χ0n) is 40.7. The van der Waals surface area contributed by atoms with Crippen molar-refractivity contribution in [2.75, 3.05) is 47.8 Å². The van der Waals surface area contributed by atoms with E-state index in [0.717, 1.165) is 46.5 Å². The van der Waals surface area contributed by atoms with Gasteiger partial charge in [-0.05, 0) is 105 Å². The number of anilines is 4. The van der Waals surface area contributed by atoms with Gasteiger partial charge in [-0.25, -0.2) is 0 Å². The fourth-order valence-corrected chi connectivity index (χ4v) is 12.1. The van der Waals surface area contributed by atoms with E-state index in [1.165, 1.54) is 0 Å². The maximum absolute atomic E-state index is 14.1. The average Bonchev–Trinajstić information content (AvgIpc) is 3.85. The van der Waals surface area contributed by atoms with Gasteiger partial charge in [-0.2, -0.15) is 0 Å². The van der Waals surface area contributed by atoms with E-state index in [1.54, 1.807) is 77.8 Å². The second kappa shape index (κ2) is 20.5. The summed E-state index contributed by atoms with van der Waals surface area (Å²) in [5.41, 5.74) is 8.33. The summed E-state index contributed by atoms with van der Waals surface area (Å²) < 4.78 is 24.5. The van der Waals surface area contributed by atoms with Crippen molar-refractivity contribution in [1.82, 2.24) is 0 Å². The molecular weight excluding hydrogens is 923 g/mol. The van der Waals surface area contributed by atoms with Crippen molar-refractivity contribution in [1.29, 1.82) is 0 Å². The maximum Gasteiger partial charge on any atom is 0.261 e. The van der Waals surface area contributed by atoms with E-state index >= 15 is 0 Å². The van der Waals surface area contributed by atoms with Crippen LogP contribution < -0.4 is 39.0 Å². The molecular formula is C55H59N5O8S2. The van der Waals surface area contributed by atoms with Crippen molar-refractivity contribution in [3.63, 3.8) is 0 Å².